The molecule has 0 saturated carbocycles. The van der Waals surface area contributed by atoms with Crippen molar-refractivity contribution in [3.8, 4) is 0 Å². The zero-order valence-corrected chi connectivity index (χ0v) is 12.8. The smallest absolute Gasteiger partial charge is 0.411 e. The predicted octanol–water partition coefficient (Wildman–Crippen LogP) is 4.66. The topological polar surface area (TPSA) is 50.4 Å². The van der Waals surface area contributed by atoms with Crippen LogP contribution in [-0.2, 0) is 11.3 Å². The van der Waals surface area contributed by atoms with Gasteiger partial charge in [-0.3, -0.25) is 5.32 Å². The van der Waals surface area contributed by atoms with Gasteiger partial charge < -0.3 is 10.1 Å². The number of amides is 1. The number of halogens is 2. The van der Waals surface area contributed by atoms with E-state index in [4.69, 9.17) is 16.3 Å². The first-order valence-electron chi connectivity index (χ1n) is 6.80. The lowest BCUT2D eigenvalue weighted by Crippen LogP contribution is -2.13. The van der Waals surface area contributed by atoms with Gasteiger partial charge in [0, 0.05) is 12.2 Å². The molecule has 2 rings (SSSR count). The Bertz CT molecular complexity index is 664. The summed E-state index contributed by atoms with van der Waals surface area (Å²) in [6.07, 6.45) is -0.491. The minimum absolute atomic E-state index is 0.316. The van der Waals surface area contributed by atoms with Crippen molar-refractivity contribution in [2.24, 2.45) is 0 Å². The molecule has 0 heterocycles. The molecular weight excluding hydrogens is 307 g/mol. The van der Waals surface area contributed by atoms with Gasteiger partial charge in [0.1, 0.15) is 5.82 Å². The minimum atomic E-state index is -0.491. The average Bonchev–Trinajstić information content (AvgIpc) is 2.47. The molecule has 4 nitrogen and oxygen atoms in total. The Labute approximate surface area is 133 Å². The maximum atomic E-state index is 13.0. The van der Waals surface area contributed by atoms with Crippen LogP contribution in [0.15, 0.2) is 42.5 Å². The van der Waals surface area contributed by atoms with Crippen molar-refractivity contribution in [3.05, 3.63) is 58.9 Å². The largest absolute Gasteiger partial charge is 0.450 e. The second-order valence-corrected chi connectivity index (χ2v) is 4.93. The standard InChI is InChI=1S/C16H16ClFN2O2/c1-2-22-16(21)20-13-5-3-4-11(8-13)10-19-15-7-6-12(18)9-14(15)17/h3-9,19H,2,10H2,1H3,(H,20,21). The van der Waals surface area contributed by atoms with Gasteiger partial charge in [0.05, 0.1) is 17.3 Å². The Balaban J connectivity index is 1.99. The summed E-state index contributed by atoms with van der Waals surface area (Å²) in [6.45, 7) is 2.55. The van der Waals surface area contributed by atoms with Gasteiger partial charge in [0.25, 0.3) is 0 Å². The molecule has 2 aromatic carbocycles. The van der Waals surface area contributed by atoms with E-state index in [0.29, 0.717) is 29.5 Å². The van der Waals surface area contributed by atoms with E-state index in [1.807, 2.05) is 18.2 Å². The molecule has 0 bridgehead atoms. The fourth-order valence-corrected chi connectivity index (χ4v) is 2.11. The maximum Gasteiger partial charge on any atom is 0.411 e. The van der Waals surface area contributed by atoms with E-state index >= 15 is 0 Å². The molecule has 0 aliphatic rings. The normalized spacial score (nSPS) is 10.1. The van der Waals surface area contributed by atoms with Crippen molar-refractivity contribution in [3.63, 3.8) is 0 Å². The van der Waals surface area contributed by atoms with E-state index in [1.54, 1.807) is 19.1 Å². The summed E-state index contributed by atoms with van der Waals surface area (Å²) in [7, 11) is 0. The van der Waals surface area contributed by atoms with Crippen LogP contribution in [-0.4, -0.2) is 12.7 Å². The first-order chi connectivity index (χ1) is 10.6. The molecule has 0 saturated heterocycles. The van der Waals surface area contributed by atoms with Crippen molar-refractivity contribution in [1.29, 1.82) is 0 Å². The van der Waals surface area contributed by atoms with Gasteiger partial charge in [-0.1, -0.05) is 23.7 Å². The fourth-order valence-electron chi connectivity index (χ4n) is 1.87. The van der Waals surface area contributed by atoms with Gasteiger partial charge in [-0.05, 0) is 42.8 Å². The molecule has 0 spiro atoms. The number of carbonyl (C=O) groups is 1. The molecule has 0 atom stereocenters. The highest BCUT2D eigenvalue weighted by Gasteiger charge is 2.04. The molecular formula is C16H16ClFN2O2. The molecule has 0 aromatic heterocycles. The highest BCUT2D eigenvalue weighted by Crippen LogP contribution is 2.23. The van der Waals surface area contributed by atoms with Gasteiger partial charge >= 0.3 is 6.09 Å². The lowest BCUT2D eigenvalue weighted by atomic mass is 10.2. The number of anilines is 2. The summed E-state index contributed by atoms with van der Waals surface area (Å²) >= 11 is 5.95. The molecule has 116 valence electrons. The first kappa shape index (κ1) is 16.1. The first-order valence-corrected chi connectivity index (χ1v) is 7.18. The second kappa shape index (κ2) is 7.66. The third kappa shape index (κ3) is 4.63. The Kier molecular flexibility index (Phi) is 5.61. The van der Waals surface area contributed by atoms with Crippen LogP contribution in [0.2, 0.25) is 5.02 Å². The van der Waals surface area contributed by atoms with Crippen LogP contribution in [0.5, 0.6) is 0 Å². The summed E-state index contributed by atoms with van der Waals surface area (Å²) < 4.78 is 17.8. The Morgan fingerprint density at radius 1 is 1.27 bits per heavy atom. The van der Waals surface area contributed by atoms with Gasteiger partial charge in [-0.25, -0.2) is 9.18 Å². The van der Waals surface area contributed by atoms with E-state index in [2.05, 4.69) is 10.6 Å². The van der Waals surface area contributed by atoms with Crippen LogP contribution in [0.25, 0.3) is 0 Å². The summed E-state index contributed by atoms with van der Waals surface area (Å²) in [4.78, 5) is 11.4. The third-order valence-corrected chi connectivity index (χ3v) is 3.18. The Morgan fingerprint density at radius 3 is 2.82 bits per heavy atom. The number of ether oxygens (including phenoxy) is 1. The number of hydrogen-bond donors (Lipinski definition) is 2. The van der Waals surface area contributed by atoms with E-state index < -0.39 is 6.09 Å². The Hall–Kier alpha value is -2.27. The van der Waals surface area contributed by atoms with Crippen molar-refractivity contribution < 1.29 is 13.9 Å². The van der Waals surface area contributed by atoms with Crippen LogP contribution < -0.4 is 10.6 Å². The quantitative estimate of drug-likeness (QED) is 0.841. The van der Waals surface area contributed by atoms with Crippen molar-refractivity contribution in [2.75, 3.05) is 17.2 Å². The van der Waals surface area contributed by atoms with E-state index in [1.165, 1.54) is 12.1 Å². The van der Waals surface area contributed by atoms with Crippen LogP contribution in [0.3, 0.4) is 0 Å². The molecule has 2 aromatic rings. The molecule has 22 heavy (non-hydrogen) atoms. The molecule has 0 aliphatic heterocycles. The van der Waals surface area contributed by atoms with Crippen molar-refractivity contribution in [1.82, 2.24) is 0 Å². The molecule has 0 unspecified atom stereocenters. The van der Waals surface area contributed by atoms with E-state index in [0.717, 1.165) is 5.56 Å². The molecule has 0 aliphatic carbocycles. The molecule has 1 amide bonds. The van der Waals surface area contributed by atoms with Crippen molar-refractivity contribution >= 4 is 29.1 Å². The lowest BCUT2D eigenvalue weighted by molar-refractivity contribution is 0.168. The number of nitrogens with one attached hydrogen (secondary N) is 2. The highest BCUT2D eigenvalue weighted by atomic mass is 35.5. The van der Waals surface area contributed by atoms with Crippen LogP contribution >= 0.6 is 11.6 Å². The number of carbonyl (C=O) groups excluding carboxylic acids is 1. The minimum Gasteiger partial charge on any atom is -0.450 e. The van der Waals surface area contributed by atoms with Gasteiger partial charge in [0.15, 0.2) is 0 Å². The predicted molar refractivity (Wildman–Crippen MR) is 85.8 cm³/mol. The monoisotopic (exact) mass is 322 g/mol. The number of benzene rings is 2. The highest BCUT2D eigenvalue weighted by molar-refractivity contribution is 6.33. The molecule has 6 heteroatoms. The summed E-state index contributed by atoms with van der Waals surface area (Å²) in [6, 6.07) is 11.5. The van der Waals surface area contributed by atoms with Gasteiger partial charge in [-0.15, -0.1) is 0 Å². The van der Waals surface area contributed by atoms with Gasteiger partial charge in [0.2, 0.25) is 0 Å². The molecule has 2 N–H and O–H groups in total. The fraction of sp³-hybridized carbons (Fsp3) is 0.188. The molecule has 0 radical (unpaired) electrons. The number of hydrogen-bond acceptors (Lipinski definition) is 3. The SMILES string of the molecule is CCOC(=O)Nc1cccc(CNc2ccc(F)cc2Cl)c1. The third-order valence-electron chi connectivity index (χ3n) is 2.86. The lowest BCUT2D eigenvalue weighted by Gasteiger charge is -2.10. The Morgan fingerprint density at radius 2 is 2.09 bits per heavy atom. The average molecular weight is 323 g/mol. The number of rotatable bonds is 5. The molecule has 0 fully saturated rings. The second-order valence-electron chi connectivity index (χ2n) is 4.52. The van der Waals surface area contributed by atoms with Crippen molar-refractivity contribution in [2.45, 2.75) is 13.5 Å². The summed E-state index contributed by atoms with van der Waals surface area (Å²) in [5.41, 5.74) is 2.23. The van der Waals surface area contributed by atoms with Crippen LogP contribution in [0, 0.1) is 5.82 Å². The van der Waals surface area contributed by atoms with E-state index in [9.17, 15) is 9.18 Å². The van der Waals surface area contributed by atoms with E-state index in [-0.39, 0.29) is 5.82 Å². The zero-order chi connectivity index (χ0) is 15.9. The van der Waals surface area contributed by atoms with Gasteiger partial charge in [-0.2, -0.15) is 0 Å². The zero-order valence-electron chi connectivity index (χ0n) is 12.0. The van der Waals surface area contributed by atoms with Crippen LogP contribution in [0.4, 0.5) is 20.6 Å². The summed E-state index contributed by atoms with van der Waals surface area (Å²) in [5.74, 6) is -0.379. The summed E-state index contributed by atoms with van der Waals surface area (Å²) in [5, 5.41) is 6.08. The van der Waals surface area contributed by atoms with Crippen LogP contribution in [0.1, 0.15) is 12.5 Å². The maximum absolute atomic E-state index is 13.0.